The Labute approximate surface area is 143 Å². The van der Waals surface area contributed by atoms with E-state index in [-0.39, 0.29) is 5.91 Å². The minimum atomic E-state index is -0.725. The summed E-state index contributed by atoms with van der Waals surface area (Å²) in [4.78, 5) is 28.7. The van der Waals surface area contributed by atoms with Crippen LogP contribution in [0.5, 0.6) is 0 Å². The maximum atomic E-state index is 12.3. The molecule has 2 aromatic heterocycles. The van der Waals surface area contributed by atoms with E-state index in [0.717, 1.165) is 22.6 Å². The lowest BCUT2D eigenvalue weighted by atomic mass is 10.1. The summed E-state index contributed by atoms with van der Waals surface area (Å²) in [5.74, 6) is -0.921. The monoisotopic (exact) mass is 342 g/mol. The van der Waals surface area contributed by atoms with Crippen LogP contribution in [-0.2, 0) is 11.2 Å². The summed E-state index contributed by atoms with van der Waals surface area (Å²) in [5.41, 5.74) is 8.69. The van der Waals surface area contributed by atoms with Gasteiger partial charge in [0.1, 0.15) is 11.7 Å². The molecule has 1 aromatic carbocycles. The molecule has 0 spiro atoms. The minimum Gasteiger partial charge on any atom is -0.368 e. The molecule has 2 heterocycles. The molecule has 3 N–H and O–H groups in total. The Kier molecular flexibility index (Phi) is 4.35. The van der Waals surface area contributed by atoms with E-state index in [1.807, 2.05) is 18.3 Å². The Morgan fingerprint density at radius 1 is 1.33 bits per heavy atom. The van der Waals surface area contributed by atoms with Gasteiger partial charge in [0.15, 0.2) is 4.96 Å². The number of aryl methyl sites for hydroxylation is 1. The molecule has 7 heteroatoms. The van der Waals surface area contributed by atoms with Crippen LogP contribution in [-0.4, -0.2) is 27.2 Å². The minimum absolute atomic E-state index is 0.349. The summed E-state index contributed by atoms with van der Waals surface area (Å²) in [6.07, 6.45) is 2.82. The van der Waals surface area contributed by atoms with Crippen molar-refractivity contribution in [1.82, 2.24) is 14.7 Å². The summed E-state index contributed by atoms with van der Waals surface area (Å²) in [7, 11) is 0. The summed E-state index contributed by atoms with van der Waals surface area (Å²) in [5, 5.41) is 4.30. The first kappa shape index (κ1) is 16.2. The number of nitrogens with two attached hydrogens (primary N) is 1. The average Bonchev–Trinajstić information content (AvgIpc) is 3.15. The third kappa shape index (κ3) is 3.03. The second-order valence-electron chi connectivity index (χ2n) is 5.55. The molecule has 0 unspecified atom stereocenters. The van der Waals surface area contributed by atoms with Gasteiger partial charge in [-0.3, -0.25) is 14.0 Å². The number of aromatic nitrogens is 2. The van der Waals surface area contributed by atoms with E-state index in [1.165, 1.54) is 16.9 Å². The molecule has 6 nitrogen and oxygen atoms in total. The number of primary amides is 1. The van der Waals surface area contributed by atoms with Crippen molar-refractivity contribution in [2.24, 2.45) is 5.73 Å². The van der Waals surface area contributed by atoms with Crippen LogP contribution in [0.3, 0.4) is 0 Å². The number of amides is 2. The van der Waals surface area contributed by atoms with Crippen molar-refractivity contribution in [1.29, 1.82) is 0 Å². The Bertz CT molecular complexity index is 895. The van der Waals surface area contributed by atoms with Crippen LogP contribution in [0.2, 0.25) is 0 Å². The van der Waals surface area contributed by atoms with Gasteiger partial charge in [-0.15, -0.1) is 11.3 Å². The molecule has 0 saturated carbocycles. The number of fused-ring (bicyclic) bond motifs is 1. The molecule has 0 saturated heterocycles. The molecular weight excluding hydrogens is 324 g/mol. The van der Waals surface area contributed by atoms with E-state index >= 15 is 0 Å². The molecule has 2 amide bonds. The summed E-state index contributed by atoms with van der Waals surface area (Å²) in [6.45, 7) is 3.66. The van der Waals surface area contributed by atoms with Gasteiger partial charge >= 0.3 is 0 Å². The highest BCUT2D eigenvalue weighted by Gasteiger charge is 2.18. The van der Waals surface area contributed by atoms with E-state index in [2.05, 4.69) is 29.4 Å². The molecule has 0 aliphatic rings. The van der Waals surface area contributed by atoms with Crippen LogP contribution in [0.1, 0.15) is 29.9 Å². The molecule has 3 aromatic rings. The lowest BCUT2D eigenvalue weighted by Crippen LogP contribution is -2.42. The fraction of sp³-hybridized carbons (Fsp3) is 0.235. The highest BCUT2D eigenvalue weighted by atomic mass is 32.1. The predicted octanol–water partition coefficient (Wildman–Crippen LogP) is 2.23. The molecule has 3 rings (SSSR count). The van der Waals surface area contributed by atoms with Gasteiger partial charge in [-0.2, -0.15) is 0 Å². The molecule has 24 heavy (non-hydrogen) atoms. The van der Waals surface area contributed by atoms with Gasteiger partial charge in [-0.25, -0.2) is 4.98 Å². The molecule has 0 bridgehead atoms. The summed E-state index contributed by atoms with van der Waals surface area (Å²) >= 11 is 1.38. The summed E-state index contributed by atoms with van der Waals surface area (Å²) < 4.78 is 1.73. The normalized spacial score (nSPS) is 12.2. The fourth-order valence-electron chi connectivity index (χ4n) is 2.34. The van der Waals surface area contributed by atoms with Crippen LogP contribution in [0, 0.1) is 0 Å². The van der Waals surface area contributed by atoms with E-state index in [0.29, 0.717) is 5.69 Å². The van der Waals surface area contributed by atoms with E-state index in [9.17, 15) is 9.59 Å². The number of carbonyl (C=O) groups excluding carboxylic acids is 2. The van der Waals surface area contributed by atoms with E-state index < -0.39 is 11.9 Å². The Hall–Kier alpha value is -2.67. The van der Waals surface area contributed by atoms with Crippen molar-refractivity contribution in [3.8, 4) is 11.3 Å². The van der Waals surface area contributed by atoms with Crippen LogP contribution in [0.15, 0.2) is 35.8 Å². The number of thiazole rings is 1. The van der Waals surface area contributed by atoms with Gasteiger partial charge in [0.05, 0.1) is 5.69 Å². The molecule has 0 aliphatic carbocycles. The number of hydrogen-bond acceptors (Lipinski definition) is 4. The molecule has 0 aliphatic heterocycles. The smallest absolute Gasteiger partial charge is 0.269 e. The number of hydrogen-bond donors (Lipinski definition) is 2. The summed E-state index contributed by atoms with van der Waals surface area (Å²) in [6, 6.07) is 7.48. The van der Waals surface area contributed by atoms with Crippen LogP contribution < -0.4 is 11.1 Å². The molecule has 1 atom stereocenters. The standard InChI is InChI=1S/C17H18N4O2S/c1-3-11-4-6-12(7-5-11)13-8-21-14(9-24-17(21)20-13)16(23)19-10(2)15(18)22/h4-10H,3H2,1-2H3,(H2,18,22)(H,19,23)/t10-/m0/s1. The number of rotatable bonds is 5. The highest BCUT2D eigenvalue weighted by Crippen LogP contribution is 2.24. The van der Waals surface area contributed by atoms with E-state index in [4.69, 9.17) is 5.73 Å². The first-order chi connectivity index (χ1) is 11.5. The molecular formula is C17H18N4O2S. The maximum absolute atomic E-state index is 12.3. The Balaban J connectivity index is 1.90. The van der Waals surface area contributed by atoms with Gasteiger partial charge in [0, 0.05) is 17.1 Å². The van der Waals surface area contributed by atoms with Gasteiger partial charge < -0.3 is 11.1 Å². The van der Waals surface area contributed by atoms with E-state index in [1.54, 1.807) is 16.7 Å². The number of benzene rings is 1. The molecule has 124 valence electrons. The number of carbonyl (C=O) groups is 2. The maximum Gasteiger partial charge on any atom is 0.269 e. The Morgan fingerprint density at radius 3 is 2.67 bits per heavy atom. The number of nitrogens with one attached hydrogen (secondary N) is 1. The Morgan fingerprint density at radius 2 is 2.04 bits per heavy atom. The third-order valence-corrected chi connectivity index (χ3v) is 4.71. The largest absolute Gasteiger partial charge is 0.368 e. The lowest BCUT2D eigenvalue weighted by molar-refractivity contribution is -0.119. The lowest BCUT2D eigenvalue weighted by Gasteiger charge is -2.09. The highest BCUT2D eigenvalue weighted by molar-refractivity contribution is 7.15. The quantitative estimate of drug-likeness (QED) is 0.745. The first-order valence-corrected chi connectivity index (χ1v) is 8.53. The van der Waals surface area contributed by atoms with Gasteiger partial charge in [0.25, 0.3) is 5.91 Å². The van der Waals surface area contributed by atoms with Crippen LogP contribution >= 0.6 is 11.3 Å². The van der Waals surface area contributed by atoms with Gasteiger partial charge in [-0.1, -0.05) is 31.2 Å². The molecule has 0 fully saturated rings. The van der Waals surface area contributed by atoms with Crippen molar-refractivity contribution in [3.63, 3.8) is 0 Å². The van der Waals surface area contributed by atoms with Crippen molar-refractivity contribution in [2.75, 3.05) is 0 Å². The van der Waals surface area contributed by atoms with Crippen LogP contribution in [0.25, 0.3) is 16.2 Å². The van der Waals surface area contributed by atoms with Crippen LogP contribution in [0.4, 0.5) is 0 Å². The first-order valence-electron chi connectivity index (χ1n) is 7.65. The predicted molar refractivity (Wildman–Crippen MR) is 94.0 cm³/mol. The SMILES string of the molecule is CCc1ccc(-c2cn3c(C(=O)N[C@@H](C)C(N)=O)csc3n2)cc1. The second-order valence-corrected chi connectivity index (χ2v) is 6.38. The van der Waals surface area contributed by atoms with Crippen molar-refractivity contribution in [2.45, 2.75) is 26.3 Å². The van der Waals surface area contributed by atoms with Crippen molar-refractivity contribution >= 4 is 28.1 Å². The zero-order chi connectivity index (χ0) is 17.3. The zero-order valence-electron chi connectivity index (χ0n) is 13.4. The topological polar surface area (TPSA) is 89.5 Å². The fourth-order valence-corrected chi connectivity index (χ4v) is 3.19. The number of imidazole rings is 1. The average molecular weight is 342 g/mol. The van der Waals surface area contributed by atoms with Crippen molar-refractivity contribution < 1.29 is 9.59 Å². The second kappa shape index (κ2) is 6.45. The van der Waals surface area contributed by atoms with Gasteiger partial charge in [0.2, 0.25) is 5.91 Å². The zero-order valence-corrected chi connectivity index (χ0v) is 14.3. The number of nitrogens with zero attached hydrogens (tertiary/aromatic N) is 2. The molecule has 0 radical (unpaired) electrons. The van der Waals surface area contributed by atoms with Crippen molar-refractivity contribution in [3.05, 3.63) is 47.1 Å². The third-order valence-electron chi connectivity index (χ3n) is 3.87. The van der Waals surface area contributed by atoms with Gasteiger partial charge in [-0.05, 0) is 18.9 Å².